The molecule has 0 saturated carbocycles. The second-order valence-corrected chi connectivity index (χ2v) is 11.7. The van der Waals surface area contributed by atoms with Crippen LogP contribution in [-0.4, -0.2) is 46.6 Å². The maximum atomic E-state index is 12.9. The summed E-state index contributed by atoms with van der Waals surface area (Å²) >= 11 is 0. The number of aryl methyl sites for hydroxylation is 1. The Labute approximate surface area is 183 Å². The second-order valence-electron chi connectivity index (χ2n) is 7.56. The first-order valence-corrected chi connectivity index (χ1v) is 12.8. The molecule has 0 bridgehead atoms. The molecule has 0 amide bonds. The molecule has 1 aliphatic rings. The van der Waals surface area contributed by atoms with E-state index in [1.165, 1.54) is 23.5 Å². The third kappa shape index (κ3) is 4.11. The largest absolute Gasteiger partial charge is 0.497 e. The number of sulfonamides is 1. The highest BCUT2D eigenvalue weighted by molar-refractivity contribution is 7.92. The van der Waals surface area contributed by atoms with E-state index in [4.69, 9.17) is 4.74 Å². The highest BCUT2D eigenvalue weighted by atomic mass is 32.2. The summed E-state index contributed by atoms with van der Waals surface area (Å²) in [4.78, 5) is 0.321. The topological polar surface area (TPSA) is 80.8 Å². The number of sulfone groups is 1. The average molecular weight is 458 g/mol. The first-order chi connectivity index (χ1) is 14.7. The maximum absolute atomic E-state index is 12.9. The van der Waals surface area contributed by atoms with Crippen LogP contribution < -0.4 is 4.74 Å². The van der Waals surface area contributed by atoms with Gasteiger partial charge >= 0.3 is 0 Å². The summed E-state index contributed by atoms with van der Waals surface area (Å²) in [5.74, 6) is 0.561. The molecule has 3 aromatic carbocycles. The lowest BCUT2D eigenvalue weighted by molar-refractivity contribution is 0.309. The minimum Gasteiger partial charge on any atom is -0.497 e. The summed E-state index contributed by atoms with van der Waals surface area (Å²) in [6.07, 6.45) is 0. The molecule has 0 unspecified atom stereocenters. The SMILES string of the molecule is COc1ccc(S(=O)(=O)C2CN(S(=O)(=O)c3ccc(-c4cccc(C)c4)cc3)C2)cc1. The lowest BCUT2D eigenvalue weighted by Crippen LogP contribution is -2.56. The minimum atomic E-state index is -3.75. The van der Waals surface area contributed by atoms with E-state index >= 15 is 0 Å². The smallest absolute Gasteiger partial charge is 0.243 e. The Balaban J connectivity index is 1.48. The zero-order valence-electron chi connectivity index (χ0n) is 17.2. The number of ether oxygens (including phenoxy) is 1. The lowest BCUT2D eigenvalue weighted by atomic mass is 10.0. The number of hydrogen-bond acceptors (Lipinski definition) is 5. The Morgan fingerprint density at radius 2 is 1.42 bits per heavy atom. The van der Waals surface area contributed by atoms with Crippen molar-refractivity contribution < 1.29 is 21.6 Å². The number of nitrogens with zero attached hydrogens (tertiary/aromatic N) is 1. The summed E-state index contributed by atoms with van der Waals surface area (Å²) < 4.78 is 57.7. The van der Waals surface area contributed by atoms with E-state index in [1.807, 2.05) is 31.2 Å². The van der Waals surface area contributed by atoms with Crippen molar-refractivity contribution in [3.8, 4) is 16.9 Å². The summed E-state index contributed by atoms with van der Waals surface area (Å²) in [6.45, 7) is 1.88. The van der Waals surface area contributed by atoms with Crippen molar-refractivity contribution in [2.75, 3.05) is 20.2 Å². The molecular weight excluding hydrogens is 434 g/mol. The van der Waals surface area contributed by atoms with E-state index in [1.54, 1.807) is 36.4 Å². The highest BCUT2D eigenvalue weighted by Crippen LogP contribution is 2.30. The van der Waals surface area contributed by atoms with Crippen molar-refractivity contribution in [3.63, 3.8) is 0 Å². The molecule has 31 heavy (non-hydrogen) atoms. The Morgan fingerprint density at radius 3 is 2.00 bits per heavy atom. The van der Waals surface area contributed by atoms with Crippen molar-refractivity contribution in [1.82, 2.24) is 4.31 Å². The van der Waals surface area contributed by atoms with E-state index in [2.05, 4.69) is 0 Å². The Bertz CT molecular complexity index is 1290. The molecule has 3 aromatic rings. The first-order valence-electron chi connectivity index (χ1n) is 9.77. The predicted molar refractivity (Wildman–Crippen MR) is 119 cm³/mol. The molecule has 1 fully saturated rings. The van der Waals surface area contributed by atoms with Crippen LogP contribution >= 0.6 is 0 Å². The van der Waals surface area contributed by atoms with Crippen LogP contribution in [0.1, 0.15) is 5.56 Å². The molecule has 6 nitrogen and oxygen atoms in total. The van der Waals surface area contributed by atoms with Crippen molar-refractivity contribution in [2.24, 2.45) is 0 Å². The standard InChI is InChI=1S/C23H23NO5S2/c1-17-4-3-5-19(14-17)18-6-10-22(11-7-18)31(27,28)24-15-23(16-24)30(25,26)21-12-8-20(29-2)9-13-21/h3-14,23H,15-16H2,1-2H3. The van der Waals surface area contributed by atoms with Gasteiger partial charge in [0.2, 0.25) is 10.0 Å². The zero-order chi connectivity index (χ0) is 22.2. The molecule has 0 aromatic heterocycles. The van der Waals surface area contributed by atoms with Crippen LogP contribution in [0.15, 0.2) is 82.6 Å². The van der Waals surface area contributed by atoms with Gasteiger partial charge in [0.25, 0.3) is 0 Å². The molecule has 0 aliphatic carbocycles. The van der Waals surface area contributed by atoms with Crippen LogP contribution in [0.4, 0.5) is 0 Å². The molecule has 162 valence electrons. The van der Waals surface area contributed by atoms with Gasteiger partial charge in [-0.15, -0.1) is 0 Å². The average Bonchev–Trinajstić information content (AvgIpc) is 2.72. The van der Waals surface area contributed by atoms with Gasteiger partial charge in [0, 0.05) is 13.1 Å². The third-order valence-electron chi connectivity index (χ3n) is 5.48. The van der Waals surface area contributed by atoms with Gasteiger partial charge in [-0.05, 0) is 54.4 Å². The molecule has 0 radical (unpaired) electrons. The van der Waals surface area contributed by atoms with Gasteiger partial charge in [-0.25, -0.2) is 16.8 Å². The van der Waals surface area contributed by atoms with Crippen LogP contribution in [-0.2, 0) is 19.9 Å². The van der Waals surface area contributed by atoms with Gasteiger partial charge < -0.3 is 4.74 Å². The Hall–Kier alpha value is -2.68. The quantitative estimate of drug-likeness (QED) is 0.566. The zero-order valence-corrected chi connectivity index (χ0v) is 18.9. The highest BCUT2D eigenvalue weighted by Gasteiger charge is 2.44. The fraction of sp³-hybridized carbons (Fsp3) is 0.217. The van der Waals surface area contributed by atoms with Gasteiger partial charge in [0.1, 0.15) is 5.75 Å². The van der Waals surface area contributed by atoms with E-state index < -0.39 is 25.1 Å². The third-order valence-corrected chi connectivity index (χ3v) is 9.44. The normalized spacial score (nSPS) is 15.4. The maximum Gasteiger partial charge on any atom is 0.243 e. The van der Waals surface area contributed by atoms with Crippen molar-refractivity contribution in [1.29, 1.82) is 0 Å². The van der Waals surface area contributed by atoms with E-state index in [-0.39, 0.29) is 22.9 Å². The number of hydrogen-bond donors (Lipinski definition) is 0. The van der Waals surface area contributed by atoms with Gasteiger partial charge in [0.05, 0.1) is 22.2 Å². The van der Waals surface area contributed by atoms with Crippen LogP contribution in [0, 0.1) is 6.92 Å². The summed E-state index contributed by atoms with van der Waals surface area (Å²) in [5, 5.41) is -0.762. The molecule has 8 heteroatoms. The molecule has 0 N–H and O–H groups in total. The van der Waals surface area contributed by atoms with Gasteiger partial charge in [-0.1, -0.05) is 42.0 Å². The second kappa shape index (κ2) is 8.11. The fourth-order valence-corrected chi connectivity index (χ4v) is 6.92. The van der Waals surface area contributed by atoms with Crippen LogP contribution in [0.3, 0.4) is 0 Å². The lowest BCUT2D eigenvalue weighted by Gasteiger charge is -2.37. The number of methoxy groups -OCH3 is 1. The van der Waals surface area contributed by atoms with Crippen molar-refractivity contribution in [2.45, 2.75) is 22.0 Å². The van der Waals surface area contributed by atoms with Crippen molar-refractivity contribution >= 4 is 19.9 Å². The van der Waals surface area contributed by atoms with Crippen LogP contribution in [0.5, 0.6) is 5.75 Å². The summed E-state index contributed by atoms with van der Waals surface area (Å²) in [7, 11) is -5.85. The molecular formula is C23H23NO5S2. The van der Waals surface area contributed by atoms with Gasteiger partial charge in [-0.3, -0.25) is 0 Å². The molecule has 0 spiro atoms. The number of rotatable bonds is 6. The van der Waals surface area contributed by atoms with E-state index in [0.717, 1.165) is 16.7 Å². The molecule has 1 aliphatic heterocycles. The van der Waals surface area contributed by atoms with Crippen molar-refractivity contribution in [3.05, 3.63) is 78.4 Å². The Morgan fingerprint density at radius 1 is 0.806 bits per heavy atom. The minimum absolute atomic E-state index is 0.0592. The predicted octanol–water partition coefficient (Wildman–Crippen LogP) is 3.52. The van der Waals surface area contributed by atoms with Crippen LogP contribution in [0.25, 0.3) is 11.1 Å². The first kappa shape index (κ1) is 21.5. The van der Waals surface area contributed by atoms with Crippen LogP contribution in [0.2, 0.25) is 0 Å². The molecule has 1 heterocycles. The Kier molecular flexibility index (Phi) is 5.63. The molecule has 1 saturated heterocycles. The van der Waals surface area contributed by atoms with E-state index in [9.17, 15) is 16.8 Å². The van der Waals surface area contributed by atoms with E-state index in [0.29, 0.717) is 5.75 Å². The molecule has 0 atom stereocenters. The summed E-state index contributed by atoms with van der Waals surface area (Å²) in [6, 6.07) is 20.8. The fourth-order valence-electron chi connectivity index (χ4n) is 3.54. The van der Waals surface area contributed by atoms with Gasteiger partial charge in [0.15, 0.2) is 9.84 Å². The van der Waals surface area contributed by atoms with Gasteiger partial charge in [-0.2, -0.15) is 4.31 Å². The number of benzene rings is 3. The summed E-state index contributed by atoms with van der Waals surface area (Å²) in [5.41, 5.74) is 3.06. The molecule has 4 rings (SSSR count). The monoisotopic (exact) mass is 457 g/mol.